The molecule has 0 bridgehead atoms. The second-order valence-corrected chi connectivity index (χ2v) is 9.68. The first-order valence-corrected chi connectivity index (χ1v) is 10.9. The number of alkyl carbamates (subject to hydrolysis) is 1. The number of nitrogens with one attached hydrogen (secondary N) is 1. The molecule has 2 aromatic rings. The normalized spacial score (nSPS) is 13.0. The van der Waals surface area contributed by atoms with E-state index in [0.29, 0.717) is 13.0 Å². The van der Waals surface area contributed by atoms with Crippen LogP contribution in [-0.2, 0) is 14.6 Å². The molecule has 0 heterocycles. The number of hydrogen-bond acceptors (Lipinski definition) is 4. The van der Waals surface area contributed by atoms with E-state index in [1.165, 1.54) is 12.1 Å². The quantitative estimate of drug-likeness (QED) is 0.776. The molecule has 1 atom stereocenters. The number of hydrogen-bond donors (Lipinski definition) is 1. The smallest absolute Gasteiger partial charge is 0.407 e. The van der Waals surface area contributed by atoms with Crippen LogP contribution < -0.4 is 5.32 Å². The van der Waals surface area contributed by atoms with Crippen molar-refractivity contribution in [3.8, 4) is 0 Å². The molecule has 152 valence electrons. The van der Waals surface area contributed by atoms with Crippen molar-refractivity contribution in [3.05, 3.63) is 65.5 Å². The summed E-state index contributed by atoms with van der Waals surface area (Å²) in [7, 11) is -3.28. The van der Waals surface area contributed by atoms with Crippen LogP contribution in [0.5, 0.6) is 0 Å². The number of ether oxygens (including phenoxy) is 1. The van der Waals surface area contributed by atoms with E-state index in [9.17, 15) is 17.6 Å². The van der Waals surface area contributed by atoms with Gasteiger partial charge in [0.25, 0.3) is 0 Å². The lowest BCUT2D eigenvalue weighted by Gasteiger charge is -2.21. The third kappa shape index (κ3) is 6.64. The Labute approximate surface area is 165 Å². The van der Waals surface area contributed by atoms with Gasteiger partial charge in [-0.3, -0.25) is 0 Å². The van der Waals surface area contributed by atoms with Crippen LogP contribution in [0.25, 0.3) is 0 Å². The van der Waals surface area contributed by atoms with Crippen molar-refractivity contribution in [2.75, 3.05) is 12.8 Å². The Balaban J connectivity index is 2.18. The molecule has 2 aromatic carbocycles. The van der Waals surface area contributed by atoms with E-state index in [2.05, 4.69) is 5.32 Å². The molecule has 28 heavy (non-hydrogen) atoms. The molecule has 1 amide bonds. The minimum absolute atomic E-state index is 0.135. The fourth-order valence-corrected chi connectivity index (χ4v) is 3.43. The molecule has 0 radical (unpaired) electrons. The second kappa shape index (κ2) is 8.73. The average molecular weight is 408 g/mol. The highest BCUT2D eigenvalue weighted by molar-refractivity contribution is 7.90. The number of sulfone groups is 1. The first-order chi connectivity index (χ1) is 13.0. The van der Waals surface area contributed by atoms with Crippen molar-refractivity contribution < 1.29 is 22.3 Å². The number of benzene rings is 2. The van der Waals surface area contributed by atoms with Crippen LogP contribution in [0.4, 0.5) is 9.18 Å². The highest BCUT2D eigenvalue weighted by atomic mass is 32.2. The number of carbonyl (C=O) groups is 1. The van der Waals surface area contributed by atoms with Crippen molar-refractivity contribution in [3.63, 3.8) is 0 Å². The Kier molecular flexibility index (Phi) is 6.82. The molecule has 0 saturated carbocycles. The second-order valence-electron chi connectivity index (χ2n) is 7.66. The van der Waals surface area contributed by atoms with Crippen LogP contribution in [0, 0.1) is 5.82 Å². The van der Waals surface area contributed by atoms with E-state index < -0.39 is 21.5 Å². The van der Waals surface area contributed by atoms with E-state index in [1.807, 2.05) is 0 Å². The Bertz CT molecular complexity index is 901. The highest BCUT2D eigenvalue weighted by Crippen LogP contribution is 2.29. The maximum atomic E-state index is 13.3. The molecule has 0 spiro atoms. The van der Waals surface area contributed by atoms with Gasteiger partial charge >= 0.3 is 6.09 Å². The zero-order valence-electron chi connectivity index (χ0n) is 16.5. The molecule has 1 N–H and O–H groups in total. The molecule has 0 aliphatic heterocycles. The number of amides is 1. The molecule has 0 aliphatic carbocycles. The summed E-state index contributed by atoms with van der Waals surface area (Å²) in [4.78, 5) is 12.1. The molecule has 0 fully saturated rings. The van der Waals surface area contributed by atoms with Crippen molar-refractivity contribution in [1.29, 1.82) is 0 Å². The molecule has 5 nitrogen and oxygen atoms in total. The molecular weight excluding hydrogens is 381 g/mol. The van der Waals surface area contributed by atoms with Crippen molar-refractivity contribution in [1.82, 2.24) is 5.32 Å². The Morgan fingerprint density at radius 3 is 2.00 bits per heavy atom. The fourth-order valence-electron chi connectivity index (χ4n) is 2.80. The topological polar surface area (TPSA) is 72.5 Å². The summed E-state index contributed by atoms with van der Waals surface area (Å²) in [6.07, 6.45) is 1.20. The third-order valence-electron chi connectivity index (χ3n) is 4.08. The SMILES string of the molecule is CC(C)(C)OC(=O)NCC[C@@H](c1ccc(F)cc1)c1ccc(S(C)(=O)=O)cc1. The Morgan fingerprint density at radius 2 is 1.54 bits per heavy atom. The van der Waals surface area contributed by atoms with Gasteiger partial charge in [0.05, 0.1) is 4.90 Å². The monoisotopic (exact) mass is 407 g/mol. The minimum Gasteiger partial charge on any atom is -0.444 e. The van der Waals surface area contributed by atoms with Crippen LogP contribution in [-0.4, -0.2) is 32.9 Å². The largest absolute Gasteiger partial charge is 0.444 e. The van der Waals surface area contributed by atoms with Crippen LogP contribution in [0.15, 0.2) is 53.4 Å². The first-order valence-electron chi connectivity index (χ1n) is 8.98. The van der Waals surface area contributed by atoms with Gasteiger partial charge in [-0.25, -0.2) is 17.6 Å². The van der Waals surface area contributed by atoms with E-state index in [-0.39, 0.29) is 16.6 Å². The number of rotatable bonds is 6. The van der Waals surface area contributed by atoms with E-state index >= 15 is 0 Å². The minimum atomic E-state index is -3.28. The van der Waals surface area contributed by atoms with E-state index in [4.69, 9.17) is 4.74 Å². The Hall–Kier alpha value is -2.41. The molecule has 0 aliphatic rings. The lowest BCUT2D eigenvalue weighted by atomic mass is 9.88. The van der Waals surface area contributed by atoms with Gasteiger partial charge in [-0.15, -0.1) is 0 Å². The molecule has 0 unspecified atom stereocenters. The van der Waals surface area contributed by atoms with Crippen LogP contribution in [0.3, 0.4) is 0 Å². The van der Waals surface area contributed by atoms with Gasteiger partial charge in [-0.2, -0.15) is 0 Å². The number of halogens is 1. The summed E-state index contributed by atoms with van der Waals surface area (Å²) in [5.41, 5.74) is 1.17. The average Bonchev–Trinajstić information content (AvgIpc) is 2.58. The summed E-state index contributed by atoms with van der Waals surface area (Å²) in [6.45, 7) is 5.72. The Morgan fingerprint density at radius 1 is 1.04 bits per heavy atom. The first kappa shape index (κ1) is 21.9. The van der Waals surface area contributed by atoms with E-state index in [0.717, 1.165) is 17.4 Å². The van der Waals surface area contributed by atoms with Gasteiger partial charge in [0.2, 0.25) is 0 Å². The number of carbonyl (C=O) groups excluding carboxylic acids is 1. The third-order valence-corrected chi connectivity index (χ3v) is 5.21. The van der Waals surface area contributed by atoms with Crippen molar-refractivity contribution >= 4 is 15.9 Å². The van der Waals surface area contributed by atoms with Crippen molar-refractivity contribution in [2.24, 2.45) is 0 Å². The van der Waals surface area contributed by atoms with Crippen molar-refractivity contribution in [2.45, 2.75) is 43.6 Å². The lowest BCUT2D eigenvalue weighted by molar-refractivity contribution is 0.0526. The fraction of sp³-hybridized carbons (Fsp3) is 0.381. The predicted molar refractivity (Wildman–Crippen MR) is 107 cm³/mol. The van der Waals surface area contributed by atoms with Gasteiger partial charge in [0, 0.05) is 18.7 Å². The van der Waals surface area contributed by atoms with Crippen LogP contribution in [0.1, 0.15) is 44.2 Å². The standard InChI is InChI=1S/C21H26FNO4S/c1-21(2,3)27-20(24)23-14-13-19(15-5-9-17(22)10-6-15)16-7-11-18(12-8-16)28(4,25)26/h5-12,19H,13-14H2,1-4H3,(H,23,24)/t19-/m0/s1. The zero-order chi connectivity index (χ0) is 20.9. The van der Waals surface area contributed by atoms with Gasteiger partial charge < -0.3 is 10.1 Å². The molecular formula is C21H26FNO4S. The highest BCUT2D eigenvalue weighted by Gasteiger charge is 2.18. The molecule has 0 saturated heterocycles. The summed E-state index contributed by atoms with van der Waals surface area (Å²) in [6, 6.07) is 12.8. The van der Waals surface area contributed by atoms with Gasteiger partial charge in [0.15, 0.2) is 9.84 Å². The predicted octanol–water partition coefficient (Wildman–Crippen LogP) is 4.28. The summed E-state index contributed by atoms with van der Waals surface area (Å²) >= 11 is 0. The zero-order valence-corrected chi connectivity index (χ0v) is 17.3. The summed E-state index contributed by atoms with van der Waals surface area (Å²) in [5.74, 6) is -0.467. The van der Waals surface area contributed by atoms with Gasteiger partial charge in [0.1, 0.15) is 11.4 Å². The maximum absolute atomic E-state index is 13.3. The summed E-state index contributed by atoms with van der Waals surface area (Å²) < 4.78 is 41.9. The van der Waals surface area contributed by atoms with Crippen LogP contribution >= 0.6 is 0 Å². The maximum Gasteiger partial charge on any atom is 0.407 e. The molecule has 0 aromatic heterocycles. The lowest BCUT2D eigenvalue weighted by Crippen LogP contribution is -2.33. The van der Waals surface area contributed by atoms with Gasteiger partial charge in [-0.1, -0.05) is 24.3 Å². The molecule has 2 rings (SSSR count). The van der Waals surface area contributed by atoms with Crippen LogP contribution in [0.2, 0.25) is 0 Å². The molecule has 7 heteroatoms. The summed E-state index contributed by atoms with van der Waals surface area (Å²) in [5, 5.41) is 2.73. The van der Waals surface area contributed by atoms with Gasteiger partial charge in [-0.05, 0) is 62.6 Å². The van der Waals surface area contributed by atoms with E-state index in [1.54, 1.807) is 57.2 Å².